The van der Waals surface area contributed by atoms with Crippen LogP contribution in [0, 0.1) is 11.7 Å². The van der Waals surface area contributed by atoms with Crippen molar-refractivity contribution in [3.05, 3.63) is 71.0 Å². The van der Waals surface area contributed by atoms with Crippen molar-refractivity contribution < 1.29 is 23.5 Å². The van der Waals surface area contributed by atoms with Gasteiger partial charge in [-0.3, -0.25) is 9.59 Å². The van der Waals surface area contributed by atoms with Gasteiger partial charge in [0.25, 0.3) is 0 Å². The van der Waals surface area contributed by atoms with Gasteiger partial charge in [0.15, 0.2) is 0 Å². The van der Waals surface area contributed by atoms with Crippen LogP contribution in [0.4, 0.5) is 9.18 Å². The molecule has 2 aromatic rings. The van der Waals surface area contributed by atoms with Gasteiger partial charge in [0, 0.05) is 19.0 Å². The van der Waals surface area contributed by atoms with Crippen LogP contribution in [-0.4, -0.2) is 49.0 Å². The van der Waals surface area contributed by atoms with Crippen LogP contribution in [0.2, 0.25) is 0 Å². The summed E-state index contributed by atoms with van der Waals surface area (Å²) in [7, 11) is 0. The van der Waals surface area contributed by atoms with Crippen LogP contribution in [0.25, 0.3) is 0 Å². The number of halogens is 1. The predicted octanol–water partition coefficient (Wildman–Crippen LogP) is 4.01. The van der Waals surface area contributed by atoms with Gasteiger partial charge in [-0.05, 0) is 60.7 Å². The van der Waals surface area contributed by atoms with Gasteiger partial charge in [-0.25, -0.2) is 9.18 Å². The van der Waals surface area contributed by atoms with E-state index in [1.165, 1.54) is 24.3 Å². The minimum absolute atomic E-state index is 0.0103. The van der Waals surface area contributed by atoms with E-state index in [1.54, 1.807) is 0 Å². The Balaban J connectivity index is 1.58. The standard InChI is InChI=1S/C29H39FN4O4/c1-3-34(4-2)18-17-32-29(37)38-19-20-9-11-21(12-10-20)24-7-5-6-8-25(24)28(36)33-26(27(31)35)22-13-15-23(30)16-14-22/h9-16,24-26H,3-8,17-19H2,1-2H3,(H2,31,35)(H,32,37)(H,33,36). The van der Waals surface area contributed by atoms with Crippen molar-refractivity contribution in [1.82, 2.24) is 15.5 Å². The fraction of sp³-hybridized carbons (Fsp3) is 0.483. The molecule has 0 aromatic heterocycles. The quantitative estimate of drug-likeness (QED) is 0.387. The van der Waals surface area contributed by atoms with Crippen LogP contribution >= 0.6 is 0 Å². The van der Waals surface area contributed by atoms with E-state index in [1.807, 2.05) is 24.3 Å². The second-order valence-corrected chi connectivity index (χ2v) is 9.66. The first-order valence-electron chi connectivity index (χ1n) is 13.4. The van der Waals surface area contributed by atoms with Gasteiger partial charge in [0.1, 0.15) is 18.5 Å². The first kappa shape index (κ1) is 29.1. The molecule has 3 atom stereocenters. The zero-order chi connectivity index (χ0) is 27.5. The van der Waals surface area contributed by atoms with E-state index < -0.39 is 23.9 Å². The average molecular weight is 527 g/mol. The van der Waals surface area contributed by atoms with Gasteiger partial charge < -0.3 is 26.0 Å². The van der Waals surface area contributed by atoms with E-state index >= 15 is 0 Å². The number of likely N-dealkylation sites (N-methyl/N-ethyl adjacent to an activating group) is 1. The van der Waals surface area contributed by atoms with Crippen LogP contribution in [-0.2, 0) is 20.9 Å². The van der Waals surface area contributed by atoms with Gasteiger partial charge in [0.05, 0.1) is 0 Å². The molecule has 0 radical (unpaired) electrons. The van der Waals surface area contributed by atoms with Gasteiger partial charge in [0.2, 0.25) is 11.8 Å². The van der Waals surface area contributed by atoms with Crippen LogP contribution in [0.1, 0.15) is 68.2 Å². The number of benzene rings is 2. The van der Waals surface area contributed by atoms with Crippen molar-refractivity contribution in [2.45, 2.75) is 58.1 Å². The molecule has 8 nitrogen and oxygen atoms in total. The fourth-order valence-corrected chi connectivity index (χ4v) is 4.98. The number of hydrogen-bond donors (Lipinski definition) is 3. The lowest BCUT2D eigenvalue weighted by atomic mass is 9.74. The molecule has 2 aromatic carbocycles. The summed E-state index contributed by atoms with van der Waals surface area (Å²) in [6.07, 6.45) is 3.02. The number of nitrogens with one attached hydrogen (secondary N) is 2. The first-order valence-corrected chi connectivity index (χ1v) is 13.4. The normalized spacial score (nSPS) is 18.0. The smallest absolute Gasteiger partial charge is 0.407 e. The number of carbonyl (C=O) groups is 3. The topological polar surface area (TPSA) is 114 Å². The Kier molecular flexibility index (Phi) is 11.1. The van der Waals surface area contributed by atoms with E-state index in [4.69, 9.17) is 10.5 Å². The average Bonchev–Trinajstić information content (AvgIpc) is 2.93. The van der Waals surface area contributed by atoms with E-state index in [0.717, 1.165) is 50.0 Å². The summed E-state index contributed by atoms with van der Waals surface area (Å²) >= 11 is 0. The number of amides is 3. The predicted molar refractivity (Wildman–Crippen MR) is 144 cm³/mol. The number of ether oxygens (including phenoxy) is 1. The zero-order valence-electron chi connectivity index (χ0n) is 22.3. The fourth-order valence-electron chi connectivity index (χ4n) is 4.98. The molecule has 1 aliphatic rings. The highest BCUT2D eigenvalue weighted by Gasteiger charge is 2.34. The van der Waals surface area contributed by atoms with Gasteiger partial charge in [-0.15, -0.1) is 0 Å². The Bertz CT molecular complexity index is 1060. The molecule has 1 aliphatic carbocycles. The largest absolute Gasteiger partial charge is 0.445 e. The Morgan fingerprint density at radius 1 is 1.03 bits per heavy atom. The molecule has 0 heterocycles. The van der Waals surface area contributed by atoms with Crippen molar-refractivity contribution in [2.75, 3.05) is 26.2 Å². The molecule has 3 rings (SSSR count). The maximum Gasteiger partial charge on any atom is 0.407 e. The highest BCUT2D eigenvalue weighted by Crippen LogP contribution is 2.38. The number of hydrogen-bond acceptors (Lipinski definition) is 5. The van der Waals surface area contributed by atoms with E-state index in [-0.39, 0.29) is 24.3 Å². The molecule has 1 fully saturated rings. The molecule has 1 saturated carbocycles. The SMILES string of the molecule is CCN(CC)CCNC(=O)OCc1ccc(C2CCCCC2C(=O)NC(C(N)=O)c2ccc(F)cc2)cc1. The van der Waals surface area contributed by atoms with Gasteiger partial charge >= 0.3 is 6.09 Å². The number of rotatable bonds is 12. The monoisotopic (exact) mass is 526 g/mol. The molecule has 0 saturated heterocycles. The molecule has 9 heteroatoms. The molecular formula is C29H39FN4O4. The molecule has 0 aliphatic heterocycles. The molecular weight excluding hydrogens is 487 g/mol. The van der Waals surface area contributed by atoms with Crippen LogP contribution in [0.15, 0.2) is 48.5 Å². The molecule has 0 bridgehead atoms. The lowest BCUT2D eigenvalue weighted by Crippen LogP contribution is -2.42. The van der Waals surface area contributed by atoms with Crippen molar-refractivity contribution in [1.29, 1.82) is 0 Å². The highest BCUT2D eigenvalue weighted by molar-refractivity contribution is 5.89. The summed E-state index contributed by atoms with van der Waals surface area (Å²) in [5.74, 6) is -1.69. The maximum absolute atomic E-state index is 13.3. The van der Waals surface area contributed by atoms with E-state index in [2.05, 4.69) is 29.4 Å². The minimum atomic E-state index is -1.02. The third kappa shape index (κ3) is 8.28. The third-order valence-electron chi connectivity index (χ3n) is 7.25. The minimum Gasteiger partial charge on any atom is -0.445 e. The third-order valence-corrected chi connectivity index (χ3v) is 7.25. The lowest BCUT2D eigenvalue weighted by Gasteiger charge is -2.32. The van der Waals surface area contributed by atoms with Crippen LogP contribution in [0.3, 0.4) is 0 Å². The molecule has 3 amide bonds. The Morgan fingerprint density at radius 3 is 2.32 bits per heavy atom. The van der Waals surface area contributed by atoms with Gasteiger partial charge in [-0.2, -0.15) is 0 Å². The van der Waals surface area contributed by atoms with Crippen LogP contribution in [0.5, 0.6) is 0 Å². The number of nitrogens with zero attached hydrogens (tertiary/aromatic N) is 1. The number of primary amides is 1. The summed E-state index contributed by atoms with van der Waals surface area (Å²) in [6.45, 7) is 7.49. The lowest BCUT2D eigenvalue weighted by molar-refractivity contribution is -0.131. The first-order chi connectivity index (χ1) is 18.3. The molecule has 4 N–H and O–H groups in total. The number of carbonyl (C=O) groups excluding carboxylic acids is 3. The van der Waals surface area contributed by atoms with Crippen molar-refractivity contribution in [2.24, 2.45) is 11.7 Å². The van der Waals surface area contributed by atoms with Crippen molar-refractivity contribution in [3.63, 3.8) is 0 Å². The second-order valence-electron chi connectivity index (χ2n) is 9.66. The molecule has 3 unspecified atom stereocenters. The summed E-state index contributed by atoms with van der Waals surface area (Å²) in [5.41, 5.74) is 7.88. The second kappa shape index (κ2) is 14.5. The Labute approximate surface area is 224 Å². The highest BCUT2D eigenvalue weighted by atomic mass is 19.1. The molecule has 0 spiro atoms. The Hall–Kier alpha value is -3.46. The van der Waals surface area contributed by atoms with Crippen molar-refractivity contribution >= 4 is 17.9 Å². The summed E-state index contributed by atoms with van der Waals surface area (Å²) in [6, 6.07) is 12.1. The molecule has 206 valence electrons. The zero-order valence-corrected chi connectivity index (χ0v) is 22.3. The molecule has 38 heavy (non-hydrogen) atoms. The summed E-state index contributed by atoms with van der Waals surface area (Å²) < 4.78 is 18.7. The number of alkyl carbamates (subject to hydrolysis) is 1. The van der Waals surface area contributed by atoms with Gasteiger partial charge in [-0.1, -0.05) is 63.1 Å². The van der Waals surface area contributed by atoms with E-state index in [0.29, 0.717) is 18.5 Å². The van der Waals surface area contributed by atoms with E-state index in [9.17, 15) is 18.8 Å². The Morgan fingerprint density at radius 2 is 1.68 bits per heavy atom. The summed E-state index contributed by atoms with van der Waals surface area (Å²) in [4.78, 5) is 39.6. The summed E-state index contributed by atoms with van der Waals surface area (Å²) in [5, 5.41) is 5.57. The van der Waals surface area contributed by atoms with Crippen LogP contribution < -0.4 is 16.4 Å². The van der Waals surface area contributed by atoms with Crippen molar-refractivity contribution in [3.8, 4) is 0 Å². The number of nitrogens with two attached hydrogens (primary N) is 1. The maximum atomic E-state index is 13.3.